The van der Waals surface area contributed by atoms with Gasteiger partial charge in [0.05, 0.1) is 17.2 Å². The lowest BCUT2D eigenvalue weighted by atomic mass is 10.1. The zero-order chi connectivity index (χ0) is 27.7. The van der Waals surface area contributed by atoms with E-state index in [0.717, 1.165) is 32.1 Å². The van der Waals surface area contributed by atoms with Crippen LogP contribution in [0.3, 0.4) is 0 Å². The van der Waals surface area contributed by atoms with Crippen LogP contribution in [0.4, 0.5) is 5.69 Å². The summed E-state index contributed by atoms with van der Waals surface area (Å²) in [4.78, 5) is 18.0. The number of carbonyl (C=O) groups excluding carboxylic acids is 1. The molecule has 1 aliphatic rings. The van der Waals surface area contributed by atoms with Crippen molar-refractivity contribution >= 4 is 84.6 Å². The van der Waals surface area contributed by atoms with Crippen molar-refractivity contribution in [2.24, 2.45) is 4.99 Å². The van der Waals surface area contributed by atoms with E-state index in [2.05, 4.69) is 25.5 Å². The molecule has 39 heavy (non-hydrogen) atoms. The van der Waals surface area contributed by atoms with E-state index in [1.165, 1.54) is 11.8 Å². The van der Waals surface area contributed by atoms with Crippen molar-refractivity contribution in [2.45, 2.75) is 20.4 Å². The molecule has 0 saturated heterocycles. The van der Waals surface area contributed by atoms with Crippen LogP contribution in [0.15, 0.2) is 92.6 Å². The lowest BCUT2D eigenvalue weighted by molar-refractivity contribution is -0.138. The summed E-state index contributed by atoms with van der Waals surface area (Å²) in [5.74, 6) is -0.764. The molecule has 0 radical (unpaired) electrons. The molecule has 4 aromatic rings. The van der Waals surface area contributed by atoms with Crippen LogP contribution in [-0.2, 0) is 16.1 Å². The molecule has 0 unspecified atom stereocenters. The minimum Gasteiger partial charge on any atom is -0.506 e. The number of aryl methyl sites for hydroxylation is 1. The molecule has 2 heterocycles. The first-order chi connectivity index (χ1) is 18.7. The van der Waals surface area contributed by atoms with Crippen LogP contribution in [0, 0.1) is 6.92 Å². The van der Waals surface area contributed by atoms with Crippen LogP contribution in [0.25, 0.3) is 17.0 Å². The molecule has 1 aliphatic heterocycles. The number of carbonyl (C=O) groups is 1. The number of aliphatic hydroxyl groups excluding tert-OH is 1. The minimum atomic E-state index is -0.612. The Morgan fingerprint density at radius 1 is 1.13 bits per heavy atom. The van der Waals surface area contributed by atoms with Crippen LogP contribution in [0.5, 0.6) is 0 Å². The lowest BCUT2D eigenvalue weighted by Crippen LogP contribution is -2.12. The normalized spacial score (nSPS) is 15.6. The SMILES string of the molecule is CCOC(=O)C1=C(O)/C(=C/c2cn(Cc3ccc(Cl)cc3Cl)c3ccc(Br)cc23)SC1=Nc1ccc(C)cc1. The highest BCUT2D eigenvalue weighted by molar-refractivity contribution is 9.10. The molecular formula is C30H23BrCl2N2O3S. The Hall–Kier alpha value is -2.97. The van der Waals surface area contributed by atoms with Gasteiger partial charge in [-0.2, -0.15) is 0 Å². The van der Waals surface area contributed by atoms with Gasteiger partial charge in [0.1, 0.15) is 16.4 Å². The van der Waals surface area contributed by atoms with Gasteiger partial charge in [-0.05, 0) is 68.0 Å². The van der Waals surface area contributed by atoms with Crippen LogP contribution < -0.4 is 0 Å². The number of aromatic nitrogens is 1. The number of benzene rings is 3. The third-order valence-corrected chi connectivity index (χ3v) is 8.25. The van der Waals surface area contributed by atoms with Gasteiger partial charge in [-0.15, -0.1) is 0 Å². The van der Waals surface area contributed by atoms with Gasteiger partial charge in [-0.3, -0.25) is 0 Å². The quantitative estimate of drug-likeness (QED) is 0.213. The number of thioether (sulfide) groups is 1. The molecule has 0 saturated carbocycles. The summed E-state index contributed by atoms with van der Waals surface area (Å²) >= 11 is 17.4. The molecule has 3 aromatic carbocycles. The topological polar surface area (TPSA) is 63.8 Å². The largest absolute Gasteiger partial charge is 0.506 e. The fourth-order valence-electron chi connectivity index (χ4n) is 4.25. The van der Waals surface area contributed by atoms with E-state index in [-0.39, 0.29) is 17.9 Å². The Labute approximate surface area is 248 Å². The number of halogens is 3. The van der Waals surface area contributed by atoms with Gasteiger partial charge in [-0.1, -0.05) is 74.7 Å². The fourth-order valence-corrected chi connectivity index (χ4v) is 6.10. The lowest BCUT2D eigenvalue weighted by Gasteiger charge is -2.08. The highest BCUT2D eigenvalue weighted by Gasteiger charge is 2.33. The van der Waals surface area contributed by atoms with E-state index in [1.54, 1.807) is 13.0 Å². The van der Waals surface area contributed by atoms with Crippen molar-refractivity contribution in [1.29, 1.82) is 0 Å². The summed E-state index contributed by atoms with van der Waals surface area (Å²) in [6.07, 6.45) is 3.87. The summed E-state index contributed by atoms with van der Waals surface area (Å²) in [6, 6.07) is 19.1. The van der Waals surface area contributed by atoms with Crippen LogP contribution >= 0.6 is 50.9 Å². The Balaban J connectivity index is 1.59. The number of esters is 1. The number of aliphatic hydroxyl groups is 1. The van der Waals surface area contributed by atoms with Gasteiger partial charge in [0.15, 0.2) is 0 Å². The van der Waals surface area contributed by atoms with E-state index in [9.17, 15) is 9.90 Å². The van der Waals surface area contributed by atoms with Gasteiger partial charge in [0.25, 0.3) is 0 Å². The molecule has 0 aliphatic carbocycles. The standard InChI is InChI=1S/C30H23BrCl2N2O3S/c1-3-38-30(37)27-28(36)26(39-29(27)34-22-9-4-17(2)5-10-22)12-19-16-35(25-11-7-20(31)13-23(19)25)15-18-6-8-21(32)14-24(18)33/h4-14,16,36H,3,15H2,1-2H3/b26-12-,34-29?. The monoisotopic (exact) mass is 640 g/mol. The molecule has 0 spiro atoms. The van der Waals surface area contributed by atoms with E-state index in [4.69, 9.17) is 27.9 Å². The van der Waals surface area contributed by atoms with Gasteiger partial charge in [-0.25, -0.2) is 9.79 Å². The average Bonchev–Trinajstić information content (AvgIpc) is 3.38. The molecule has 0 bridgehead atoms. The summed E-state index contributed by atoms with van der Waals surface area (Å²) in [5, 5.41) is 13.7. The molecule has 5 nitrogen and oxygen atoms in total. The van der Waals surface area contributed by atoms with E-state index in [0.29, 0.717) is 32.2 Å². The Morgan fingerprint density at radius 2 is 1.90 bits per heavy atom. The number of fused-ring (bicyclic) bond motifs is 1. The van der Waals surface area contributed by atoms with Crippen LogP contribution in [-0.4, -0.2) is 27.3 Å². The maximum absolute atomic E-state index is 12.8. The minimum absolute atomic E-state index is 0.0616. The molecule has 0 fully saturated rings. The predicted molar refractivity (Wildman–Crippen MR) is 165 cm³/mol. The molecule has 0 atom stereocenters. The predicted octanol–water partition coefficient (Wildman–Crippen LogP) is 9.26. The van der Waals surface area contributed by atoms with E-state index < -0.39 is 5.97 Å². The summed E-state index contributed by atoms with van der Waals surface area (Å²) in [5.41, 5.74) is 4.62. The van der Waals surface area contributed by atoms with Gasteiger partial charge < -0.3 is 14.4 Å². The molecular weight excluding hydrogens is 619 g/mol. The molecule has 0 amide bonds. The molecule has 9 heteroatoms. The number of ether oxygens (including phenoxy) is 1. The zero-order valence-electron chi connectivity index (χ0n) is 21.0. The molecule has 198 valence electrons. The van der Waals surface area contributed by atoms with Crippen molar-refractivity contribution < 1.29 is 14.6 Å². The number of hydrogen-bond acceptors (Lipinski definition) is 5. The third kappa shape index (κ3) is 5.97. The van der Waals surface area contributed by atoms with Gasteiger partial charge in [0.2, 0.25) is 0 Å². The molecule has 1 aromatic heterocycles. The molecule has 5 rings (SSSR count). The number of hydrogen-bond donors (Lipinski definition) is 1. The number of rotatable bonds is 6. The van der Waals surface area contributed by atoms with Crippen molar-refractivity contribution in [3.63, 3.8) is 0 Å². The first kappa shape index (κ1) is 27.6. The Bertz CT molecular complexity index is 1690. The average molecular weight is 642 g/mol. The highest BCUT2D eigenvalue weighted by Crippen LogP contribution is 2.41. The Morgan fingerprint density at radius 3 is 2.62 bits per heavy atom. The Kier molecular flexibility index (Phi) is 8.24. The van der Waals surface area contributed by atoms with Gasteiger partial charge in [0, 0.05) is 43.7 Å². The van der Waals surface area contributed by atoms with Crippen LogP contribution in [0.1, 0.15) is 23.6 Å². The fraction of sp³-hybridized carbons (Fsp3) is 0.133. The summed E-state index contributed by atoms with van der Waals surface area (Å²) in [7, 11) is 0. The third-order valence-electron chi connectivity index (χ3n) is 6.15. The van der Waals surface area contributed by atoms with Crippen molar-refractivity contribution in [1.82, 2.24) is 4.57 Å². The number of nitrogens with zero attached hydrogens (tertiary/aromatic N) is 2. The van der Waals surface area contributed by atoms with Crippen LogP contribution in [0.2, 0.25) is 10.0 Å². The first-order valence-electron chi connectivity index (χ1n) is 12.1. The van der Waals surface area contributed by atoms with Crippen molar-refractivity contribution in [3.8, 4) is 0 Å². The number of aliphatic imine (C=N–C) groups is 1. The second-order valence-corrected chi connectivity index (χ2v) is 11.7. The maximum atomic E-state index is 12.8. The summed E-state index contributed by atoms with van der Waals surface area (Å²) in [6.45, 7) is 4.44. The van der Waals surface area contributed by atoms with E-state index >= 15 is 0 Å². The second kappa shape index (κ2) is 11.6. The first-order valence-corrected chi connectivity index (χ1v) is 14.5. The van der Waals surface area contributed by atoms with E-state index in [1.807, 2.05) is 73.8 Å². The maximum Gasteiger partial charge on any atom is 0.344 e. The highest BCUT2D eigenvalue weighted by atomic mass is 79.9. The van der Waals surface area contributed by atoms with Gasteiger partial charge >= 0.3 is 5.97 Å². The zero-order valence-corrected chi connectivity index (χ0v) is 25.0. The summed E-state index contributed by atoms with van der Waals surface area (Å²) < 4.78 is 8.26. The van der Waals surface area contributed by atoms with Crippen molar-refractivity contribution in [2.75, 3.05) is 6.61 Å². The molecule has 1 N–H and O–H groups in total. The van der Waals surface area contributed by atoms with Crippen molar-refractivity contribution in [3.05, 3.63) is 114 Å². The smallest absolute Gasteiger partial charge is 0.344 e. The second-order valence-electron chi connectivity index (χ2n) is 8.92.